The lowest BCUT2D eigenvalue weighted by molar-refractivity contribution is 0.0526. The molecule has 21 heavy (non-hydrogen) atoms. The van der Waals surface area contributed by atoms with Crippen LogP contribution in [0.5, 0.6) is 0 Å². The maximum absolute atomic E-state index is 12.0. The number of anilines is 2. The summed E-state index contributed by atoms with van der Waals surface area (Å²) in [6, 6.07) is 5.41. The molecule has 0 fully saturated rings. The molecular weight excluding hydrogens is 268 g/mol. The minimum Gasteiger partial charge on any atom is -0.462 e. The fourth-order valence-electron chi connectivity index (χ4n) is 1.98. The quantitative estimate of drug-likeness (QED) is 0.845. The number of nitrogens with zero attached hydrogens (tertiary/aromatic N) is 3. The summed E-state index contributed by atoms with van der Waals surface area (Å²) in [6.07, 6.45) is 5.02. The lowest BCUT2D eigenvalue weighted by atomic mass is 10.2. The van der Waals surface area contributed by atoms with Crippen molar-refractivity contribution in [2.75, 3.05) is 24.3 Å². The number of esters is 1. The van der Waals surface area contributed by atoms with E-state index in [0.717, 1.165) is 5.56 Å². The van der Waals surface area contributed by atoms with E-state index in [1.807, 2.05) is 24.1 Å². The van der Waals surface area contributed by atoms with Crippen LogP contribution in [0.25, 0.3) is 0 Å². The van der Waals surface area contributed by atoms with E-state index in [9.17, 15) is 4.79 Å². The van der Waals surface area contributed by atoms with Gasteiger partial charge in [0.25, 0.3) is 0 Å². The summed E-state index contributed by atoms with van der Waals surface area (Å²) in [6.45, 7) is 2.65. The number of nitrogens with two attached hydrogens (primary N) is 1. The second kappa shape index (κ2) is 6.69. The van der Waals surface area contributed by atoms with Gasteiger partial charge in [0.2, 0.25) is 0 Å². The number of carbonyl (C=O) groups excluding carboxylic acids is 1. The van der Waals surface area contributed by atoms with Crippen LogP contribution < -0.4 is 10.6 Å². The normalized spacial score (nSPS) is 10.2. The third kappa shape index (κ3) is 3.68. The highest BCUT2D eigenvalue weighted by molar-refractivity contribution is 5.95. The fraction of sp³-hybridized carbons (Fsp3) is 0.267. The van der Waals surface area contributed by atoms with E-state index in [-0.39, 0.29) is 0 Å². The van der Waals surface area contributed by atoms with Gasteiger partial charge < -0.3 is 15.4 Å². The smallest absolute Gasteiger partial charge is 0.341 e. The molecule has 6 heteroatoms. The van der Waals surface area contributed by atoms with Gasteiger partial charge in [-0.15, -0.1) is 0 Å². The number of aromatic nitrogens is 2. The molecule has 0 aliphatic carbocycles. The van der Waals surface area contributed by atoms with Crippen LogP contribution in [0, 0.1) is 0 Å². The highest BCUT2D eigenvalue weighted by atomic mass is 16.5. The van der Waals surface area contributed by atoms with E-state index in [4.69, 9.17) is 10.5 Å². The van der Waals surface area contributed by atoms with Gasteiger partial charge in [-0.2, -0.15) is 0 Å². The van der Waals surface area contributed by atoms with E-state index in [1.165, 1.54) is 6.20 Å². The number of pyridine rings is 2. The molecule has 0 aromatic carbocycles. The summed E-state index contributed by atoms with van der Waals surface area (Å²) in [5.41, 5.74) is 7.53. The number of nitrogen functional groups attached to an aromatic ring is 1. The van der Waals surface area contributed by atoms with Crippen molar-refractivity contribution < 1.29 is 9.53 Å². The van der Waals surface area contributed by atoms with Gasteiger partial charge >= 0.3 is 5.97 Å². The molecule has 2 rings (SSSR count). The Hall–Kier alpha value is -2.63. The Kier molecular flexibility index (Phi) is 4.71. The van der Waals surface area contributed by atoms with Crippen molar-refractivity contribution in [1.29, 1.82) is 0 Å². The molecule has 2 aromatic rings. The lowest BCUT2D eigenvalue weighted by Crippen LogP contribution is -2.22. The van der Waals surface area contributed by atoms with Crippen molar-refractivity contribution in [3.8, 4) is 0 Å². The second-order valence-electron chi connectivity index (χ2n) is 4.58. The first kappa shape index (κ1) is 14.8. The number of carbonyl (C=O) groups is 1. The molecule has 6 nitrogen and oxygen atoms in total. The molecule has 0 aliphatic rings. The summed E-state index contributed by atoms with van der Waals surface area (Å²) in [4.78, 5) is 22.2. The molecular formula is C15H18N4O2. The first-order valence-corrected chi connectivity index (χ1v) is 6.64. The van der Waals surface area contributed by atoms with E-state index < -0.39 is 5.97 Å². The third-order valence-electron chi connectivity index (χ3n) is 2.89. The van der Waals surface area contributed by atoms with Gasteiger partial charge in [0, 0.05) is 26.0 Å². The van der Waals surface area contributed by atoms with Crippen molar-refractivity contribution >= 4 is 17.5 Å². The van der Waals surface area contributed by atoms with Crippen LogP contribution in [0.1, 0.15) is 22.8 Å². The van der Waals surface area contributed by atoms with Crippen molar-refractivity contribution in [2.24, 2.45) is 0 Å². The molecule has 0 bridgehead atoms. The van der Waals surface area contributed by atoms with E-state index in [2.05, 4.69) is 9.97 Å². The number of hydrogen-bond donors (Lipinski definition) is 1. The van der Waals surface area contributed by atoms with Crippen LogP contribution in [-0.4, -0.2) is 29.6 Å². The maximum atomic E-state index is 12.0. The Morgan fingerprint density at radius 2 is 2.24 bits per heavy atom. The van der Waals surface area contributed by atoms with Gasteiger partial charge in [0.1, 0.15) is 11.4 Å². The Labute approximate surface area is 123 Å². The molecule has 0 atom stereocenters. The highest BCUT2D eigenvalue weighted by Gasteiger charge is 2.17. The zero-order valence-corrected chi connectivity index (χ0v) is 12.1. The molecule has 0 unspecified atom stereocenters. The molecule has 110 valence electrons. The van der Waals surface area contributed by atoms with Gasteiger partial charge in [0.05, 0.1) is 18.5 Å². The Morgan fingerprint density at radius 3 is 2.90 bits per heavy atom. The minimum atomic E-state index is -0.426. The SMILES string of the molecule is CCOC(=O)c1cc(N)cnc1N(C)Cc1cccnc1. The maximum Gasteiger partial charge on any atom is 0.341 e. The first-order valence-electron chi connectivity index (χ1n) is 6.64. The summed E-state index contributed by atoms with van der Waals surface area (Å²) < 4.78 is 5.05. The standard InChI is InChI=1S/C15H18N4O2/c1-3-21-15(20)13-7-12(16)9-18-14(13)19(2)10-11-5-4-6-17-8-11/h4-9H,3,10,16H2,1-2H3. The molecule has 0 radical (unpaired) electrons. The largest absolute Gasteiger partial charge is 0.462 e. The minimum absolute atomic E-state index is 0.305. The van der Waals surface area contributed by atoms with Gasteiger partial charge in [-0.25, -0.2) is 9.78 Å². The van der Waals surface area contributed by atoms with Crippen molar-refractivity contribution in [2.45, 2.75) is 13.5 Å². The monoisotopic (exact) mass is 286 g/mol. The Bertz CT molecular complexity index is 616. The van der Waals surface area contributed by atoms with Crippen molar-refractivity contribution in [1.82, 2.24) is 9.97 Å². The van der Waals surface area contributed by atoms with Crippen LogP contribution in [0.4, 0.5) is 11.5 Å². The predicted octanol–water partition coefficient (Wildman–Crippen LogP) is 1.87. The number of rotatable bonds is 5. The average molecular weight is 286 g/mol. The van der Waals surface area contributed by atoms with E-state index in [0.29, 0.717) is 30.2 Å². The Balaban J connectivity index is 2.27. The molecule has 0 aliphatic heterocycles. The third-order valence-corrected chi connectivity index (χ3v) is 2.89. The second-order valence-corrected chi connectivity index (χ2v) is 4.58. The molecule has 2 N–H and O–H groups in total. The van der Waals surface area contributed by atoms with Crippen LogP contribution in [0.2, 0.25) is 0 Å². The predicted molar refractivity (Wildman–Crippen MR) is 80.9 cm³/mol. The summed E-state index contributed by atoms with van der Waals surface area (Å²) >= 11 is 0. The van der Waals surface area contributed by atoms with Gasteiger partial charge in [-0.1, -0.05) is 6.07 Å². The van der Waals surface area contributed by atoms with Gasteiger partial charge in [0.15, 0.2) is 0 Å². The molecule has 0 saturated carbocycles. The zero-order chi connectivity index (χ0) is 15.2. The summed E-state index contributed by atoms with van der Waals surface area (Å²) in [7, 11) is 1.86. The highest BCUT2D eigenvalue weighted by Crippen LogP contribution is 2.21. The zero-order valence-electron chi connectivity index (χ0n) is 12.1. The van der Waals surface area contributed by atoms with Crippen molar-refractivity contribution in [3.05, 3.63) is 47.9 Å². The van der Waals surface area contributed by atoms with E-state index >= 15 is 0 Å². The van der Waals surface area contributed by atoms with Crippen LogP contribution in [0.3, 0.4) is 0 Å². The van der Waals surface area contributed by atoms with E-state index in [1.54, 1.807) is 25.4 Å². The fourth-order valence-corrected chi connectivity index (χ4v) is 1.98. The van der Waals surface area contributed by atoms with Gasteiger partial charge in [-0.05, 0) is 24.6 Å². The topological polar surface area (TPSA) is 81.3 Å². The summed E-state index contributed by atoms with van der Waals surface area (Å²) in [5, 5.41) is 0. The number of hydrogen-bond acceptors (Lipinski definition) is 6. The van der Waals surface area contributed by atoms with Crippen LogP contribution in [-0.2, 0) is 11.3 Å². The molecule has 2 heterocycles. The molecule has 0 spiro atoms. The van der Waals surface area contributed by atoms with Crippen LogP contribution in [0.15, 0.2) is 36.8 Å². The van der Waals surface area contributed by atoms with Crippen LogP contribution >= 0.6 is 0 Å². The average Bonchev–Trinajstić information content (AvgIpc) is 2.48. The van der Waals surface area contributed by atoms with Crippen molar-refractivity contribution in [3.63, 3.8) is 0 Å². The molecule has 2 aromatic heterocycles. The van der Waals surface area contributed by atoms with Gasteiger partial charge in [-0.3, -0.25) is 4.98 Å². The summed E-state index contributed by atoms with van der Waals surface area (Å²) in [5.74, 6) is 0.108. The Morgan fingerprint density at radius 1 is 1.43 bits per heavy atom. The lowest BCUT2D eigenvalue weighted by Gasteiger charge is -2.20. The number of ether oxygens (including phenoxy) is 1. The molecule has 0 saturated heterocycles. The molecule has 0 amide bonds. The first-order chi connectivity index (χ1) is 10.1.